The van der Waals surface area contributed by atoms with Crippen LogP contribution in [-0.4, -0.2) is 23.6 Å². The van der Waals surface area contributed by atoms with Gasteiger partial charge in [0.15, 0.2) is 0 Å². The van der Waals surface area contributed by atoms with Crippen LogP contribution >= 0.6 is 11.3 Å². The van der Waals surface area contributed by atoms with Crippen molar-refractivity contribution in [3.05, 3.63) is 16.1 Å². The summed E-state index contributed by atoms with van der Waals surface area (Å²) in [5, 5.41) is 11.0. The molecule has 20 heavy (non-hydrogen) atoms. The van der Waals surface area contributed by atoms with E-state index in [1.54, 1.807) is 11.3 Å². The van der Waals surface area contributed by atoms with E-state index in [2.05, 4.69) is 34.8 Å². The van der Waals surface area contributed by atoms with E-state index in [0.717, 1.165) is 17.7 Å². The van der Waals surface area contributed by atoms with Gasteiger partial charge in [-0.15, -0.1) is 11.3 Å². The molecule has 4 heteroatoms. The molecule has 3 nitrogen and oxygen atoms in total. The van der Waals surface area contributed by atoms with Gasteiger partial charge in [-0.3, -0.25) is 0 Å². The lowest BCUT2D eigenvalue weighted by Gasteiger charge is -2.34. The molecule has 2 aliphatic rings. The maximum Gasteiger partial charge on any atom is 0.110 e. The van der Waals surface area contributed by atoms with Gasteiger partial charge in [0.25, 0.3) is 0 Å². The average molecular weight is 293 g/mol. The van der Waals surface area contributed by atoms with Crippen molar-refractivity contribution in [1.82, 2.24) is 15.6 Å². The smallest absolute Gasteiger partial charge is 0.110 e. The van der Waals surface area contributed by atoms with Crippen LogP contribution in [0.2, 0.25) is 0 Å². The fourth-order valence-electron chi connectivity index (χ4n) is 3.88. The quantitative estimate of drug-likeness (QED) is 0.893. The Bertz CT molecular complexity index is 425. The fourth-order valence-corrected chi connectivity index (χ4v) is 4.70. The van der Waals surface area contributed by atoms with Crippen LogP contribution in [0.5, 0.6) is 0 Å². The summed E-state index contributed by atoms with van der Waals surface area (Å²) >= 11 is 1.79. The van der Waals surface area contributed by atoms with Crippen molar-refractivity contribution in [2.75, 3.05) is 6.54 Å². The van der Waals surface area contributed by atoms with Gasteiger partial charge < -0.3 is 10.6 Å². The first kappa shape index (κ1) is 14.5. The van der Waals surface area contributed by atoms with Crippen molar-refractivity contribution in [3.8, 4) is 0 Å². The van der Waals surface area contributed by atoms with Gasteiger partial charge in [0.05, 0.1) is 6.04 Å². The van der Waals surface area contributed by atoms with Crippen molar-refractivity contribution < 1.29 is 0 Å². The van der Waals surface area contributed by atoms with E-state index in [0.29, 0.717) is 12.1 Å². The average Bonchev–Trinajstić information content (AvgIpc) is 3.09. The summed E-state index contributed by atoms with van der Waals surface area (Å²) in [7, 11) is 0. The summed E-state index contributed by atoms with van der Waals surface area (Å²) in [5.74, 6) is 0.818. The Morgan fingerprint density at radius 2 is 2.20 bits per heavy atom. The van der Waals surface area contributed by atoms with E-state index >= 15 is 0 Å². The highest BCUT2D eigenvalue weighted by Crippen LogP contribution is 2.33. The number of nitrogens with zero attached hydrogens (tertiary/aromatic N) is 1. The molecule has 0 radical (unpaired) electrons. The molecular formula is C16H27N3S. The monoisotopic (exact) mass is 293 g/mol. The molecule has 1 saturated heterocycles. The normalized spacial score (nSPS) is 32.4. The second-order valence-electron chi connectivity index (χ2n) is 6.47. The van der Waals surface area contributed by atoms with E-state index in [4.69, 9.17) is 0 Å². The highest BCUT2D eigenvalue weighted by atomic mass is 32.1. The lowest BCUT2D eigenvalue weighted by molar-refractivity contribution is 0.248. The van der Waals surface area contributed by atoms with E-state index in [1.807, 2.05) is 0 Å². The molecule has 2 fully saturated rings. The van der Waals surface area contributed by atoms with E-state index in [9.17, 15) is 0 Å². The third kappa shape index (κ3) is 3.23. The topological polar surface area (TPSA) is 37.0 Å². The summed E-state index contributed by atoms with van der Waals surface area (Å²) in [4.78, 5) is 4.63. The standard InChI is InChI=1S/C16H27N3S/c1-11-10-20-16(18-11)12(2)19-15-8-5-6-13(15)14-7-3-4-9-17-14/h10,12-15,17,19H,3-9H2,1-2H3. The lowest BCUT2D eigenvalue weighted by Crippen LogP contribution is -2.47. The number of thiazole rings is 1. The van der Waals surface area contributed by atoms with E-state index < -0.39 is 0 Å². The molecule has 4 atom stereocenters. The fraction of sp³-hybridized carbons (Fsp3) is 0.812. The van der Waals surface area contributed by atoms with Gasteiger partial charge in [-0.05, 0) is 52.0 Å². The highest BCUT2D eigenvalue weighted by Gasteiger charge is 2.35. The molecule has 0 amide bonds. The first-order valence-corrected chi connectivity index (χ1v) is 9.03. The van der Waals surface area contributed by atoms with Crippen molar-refractivity contribution in [2.45, 2.75) is 70.5 Å². The molecule has 1 aliphatic carbocycles. The molecule has 4 unspecified atom stereocenters. The zero-order valence-corrected chi connectivity index (χ0v) is 13.5. The van der Waals surface area contributed by atoms with Gasteiger partial charge in [-0.1, -0.05) is 12.8 Å². The van der Waals surface area contributed by atoms with Crippen LogP contribution in [0.25, 0.3) is 0 Å². The van der Waals surface area contributed by atoms with Gasteiger partial charge >= 0.3 is 0 Å². The molecule has 3 rings (SSSR count). The molecular weight excluding hydrogens is 266 g/mol. The summed E-state index contributed by atoms with van der Waals surface area (Å²) < 4.78 is 0. The van der Waals surface area contributed by atoms with Crippen molar-refractivity contribution in [1.29, 1.82) is 0 Å². The first-order chi connectivity index (χ1) is 9.74. The number of aryl methyl sites for hydroxylation is 1. The molecule has 2 heterocycles. The van der Waals surface area contributed by atoms with Crippen LogP contribution in [0, 0.1) is 12.8 Å². The Kier molecular flexibility index (Phi) is 4.74. The number of rotatable bonds is 4. The van der Waals surface area contributed by atoms with Gasteiger partial charge in [0.2, 0.25) is 0 Å². The zero-order chi connectivity index (χ0) is 13.9. The second kappa shape index (κ2) is 6.54. The minimum Gasteiger partial charge on any atom is -0.314 e. The molecule has 1 aromatic heterocycles. The van der Waals surface area contributed by atoms with Crippen LogP contribution in [0.4, 0.5) is 0 Å². The first-order valence-electron chi connectivity index (χ1n) is 8.15. The highest BCUT2D eigenvalue weighted by molar-refractivity contribution is 7.09. The summed E-state index contributed by atoms with van der Waals surface area (Å²) in [6.07, 6.45) is 8.23. The Labute approximate surface area is 126 Å². The van der Waals surface area contributed by atoms with Crippen molar-refractivity contribution in [2.24, 2.45) is 5.92 Å². The number of nitrogens with one attached hydrogen (secondary N) is 2. The predicted molar refractivity (Wildman–Crippen MR) is 85.2 cm³/mol. The Morgan fingerprint density at radius 3 is 2.90 bits per heavy atom. The van der Waals surface area contributed by atoms with Crippen molar-refractivity contribution in [3.63, 3.8) is 0 Å². The third-order valence-corrected chi connectivity index (χ3v) is 6.05. The summed E-state index contributed by atoms with van der Waals surface area (Å²) in [5.41, 5.74) is 1.15. The molecule has 112 valence electrons. The molecule has 0 spiro atoms. The van der Waals surface area contributed by atoms with Gasteiger partial charge in [0, 0.05) is 23.2 Å². The summed E-state index contributed by atoms with van der Waals surface area (Å²) in [6, 6.07) is 1.81. The zero-order valence-electron chi connectivity index (χ0n) is 12.7. The van der Waals surface area contributed by atoms with Crippen LogP contribution < -0.4 is 10.6 Å². The van der Waals surface area contributed by atoms with Crippen LogP contribution in [0.3, 0.4) is 0 Å². The van der Waals surface area contributed by atoms with E-state index in [-0.39, 0.29) is 0 Å². The molecule has 1 aliphatic heterocycles. The Morgan fingerprint density at radius 1 is 1.30 bits per heavy atom. The molecule has 1 aromatic rings. The number of aromatic nitrogens is 1. The molecule has 0 bridgehead atoms. The molecule has 1 saturated carbocycles. The minimum atomic E-state index is 0.392. The minimum absolute atomic E-state index is 0.392. The van der Waals surface area contributed by atoms with Crippen molar-refractivity contribution >= 4 is 11.3 Å². The Hall–Kier alpha value is -0.450. The number of piperidine rings is 1. The molecule has 2 N–H and O–H groups in total. The van der Waals surface area contributed by atoms with Crippen LogP contribution in [0.1, 0.15) is 62.2 Å². The maximum absolute atomic E-state index is 4.63. The number of hydrogen-bond donors (Lipinski definition) is 2. The maximum atomic E-state index is 4.63. The van der Waals surface area contributed by atoms with E-state index in [1.165, 1.54) is 50.1 Å². The Balaban J connectivity index is 1.60. The second-order valence-corrected chi connectivity index (χ2v) is 7.36. The van der Waals surface area contributed by atoms with Gasteiger partial charge in [0.1, 0.15) is 5.01 Å². The SMILES string of the molecule is Cc1csc(C(C)NC2CCCC2C2CCCCN2)n1. The lowest BCUT2D eigenvalue weighted by atomic mass is 9.88. The van der Waals surface area contributed by atoms with Crippen LogP contribution in [0.15, 0.2) is 5.38 Å². The molecule has 0 aromatic carbocycles. The predicted octanol–water partition coefficient (Wildman–Crippen LogP) is 3.41. The van der Waals surface area contributed by atoms with Crippen LogP contribution in [-0.2, 0) is 0 Å². The largest absolute Gasteiger partial charge is 0.314 e. The third-order valence-electron chi connectivity index (χ3n) is 4.91. The van der Waals surface area contributed by atoms with Gasteiger partial charge in [-0.25, -0.2) is 4.98 Å². The van der Waals surface area contributed by atoms with Gasteiger partial charge in [-0.2, -0.15) is 0 Å². The summed E-state index contributed by atoms with van der Waals surface area (Å²) in [6.45, 7) is 5.56. The number of hydrogen-bond acceptors (Lipinski definition) is 4.